The number of ether oxygens (including phenoxy) is 1. The van der Waals surface area contributed by atoms with E-state index in [0.717, 1.165) is 47.5 Å². The maximum Gasteiger partial charge on any atom is 0.264 e. The van der Waals surface area contributed by atoms with Crippen LogP contribution in [-0.4, -0.2) is 50.9 Å². The first-order chi connectivity index (χ1) is 20.5. The van der Waals surface area contributed by atoms with Gasteiger partial charge in [0.25, 0.3) is 10.0 Å². The van der Waals surface area contributed by atoms with Crippen molar-refractivity contribution in [2.24, 2.45) is 0 Å². The normalized spacial score (nSPS) is 14.5. The number of carbonyl (C=O) groups is 2. The maximum atomic E-state index is 14.2. The summed E-state index contributed by atoms with van der Waals surface area (Å²) in [6, 6.07) is 17.8. The fourth-order valence-electron chi connectivity index (χ4n) is 5.37. The predicted molar refractivity (Wildman–Crippen MR) is 170 cm³/mol. The van der Waals surface area contributed by atoms with Crippen LogP contribution in [-0.2, 0) is 26.2 Å². The molecule has 0 radical (unpaired) electrons. The van der Waals surface area contributed by atoms with Gasteiger partial charge >= 0.3 is 0 Å². The first-order valence-corrected chi connectivity index (χ1v) is 16.4. The molecule has 230 valence electrons. The predicted octanol–water partition coefficient (Wildman–Crippen LogP) is 6.03. The molecule has 1 saturated carbocycles. The molecule has 0 saturated heterocycles. The number of benzene rings is 3. The fraction of sp³-hybridized carbons (Fsp3) is 0.394. The van der Waals surface area contributed by atoms with Gasteiger partial charge in [-0.15, -0.1) is 0 Å². The van der Waals surface area contributed by atoms with Gasteiger partial charge in [-0.25, -0.2) is 8.42 Å². The van der Waals surface area contributed by atoms with Gasteiger partial charge in [-0.3, -0.25) is 13.9 Å². The van der Waals surface area contributed by atoms with Crippen molar-refractivity contribution in [1.29, 1.82) is 0 Å². The summed E-state index contributed by atoms with van der Waals surface area (Å²) in [6.07, 6.45) is 5.06. The van der Waals surface area contributed by atoms with Crippen molar-refractivity contribution < 1.29 is 22.7 Å². The Balaban J connectivity index is 1.71. The summed E-state index contributed by atoms with van der Waals surface area (Å²) in [5.74, 6) is -0.164. The Hall–Kier alpha value is -3.56. The molecule has 0 bridgehead atoms. The van der Waals surface area contributed by atoms with E-state index in [0.29, 0.717) is 22.0 Å². The van der Waals surface area contributed by atoms with Crippen LogP contribution < -0.4 is 14.4 Å². The van der Waals surface area contributed by atoms with Crippen molar-refractivity contribution in [3.05, 3.63) is 88.4 Å². The number of anilines is 1. The molecule has 0 aromatic heterocycles. The summed E-state index contributed by atoms with van der Waals surface area (Å²) in [7, 11) is -2.60. The lowest BCUT2D eigenvalue weighted by molar-refractivity contribution is -0.139. The van der Waals surface area contributed by atoms with E-state index >= 15 is 0 Å². The highest BCUT2D eigenvalue weighted by molar-refractivity contribution is 7.92. The Labute approximate surface area is 260 Å². The second-order valence-electron chi connectivity index (χ2n) is 11.1. The molecule has 1 fully saturated rings. The Morgan fingerprint density at radius 2 is 1.70 bits per heavy atom. The van der Waals surface area contributed by atoms with Crippen LogP contribution in [0.5, 0.6) is 5.75 Å². The summed E-state index contributed by atoms with van der Waals surface area (Å²) in [5, 5.41) is 3.57. The fourth-order valence-corrected chi connectivity index (χ4v) is 7.07. The van der Waals surface area contributed by atoms with Gasteiger partial charge in [0.05, 0.1) is 17.7 Å². The van der Waals surface area contributed by atoms with E-state index in [4.69, 9.17) is 16.3 Å². The number of nitrogens with zero attached hydrogens (tertiary/aromatic N) is 2. The number of nitrogens with one attached hydrogen (secondary N) is 1. The van der Waals surface area contributed by atoms with Crippen molar-refractivity contribution >= 4 is 39.1 Å². The molecule has 1 N–H and O–H groups in total. The zero-order valence-corrected chi connectivity index (χ0v) is 26.7. The molecule has 4 rings (SSSR count). The van der Waals surface area contributed by atoms with Crippen LogP contribution in [0.2, 0.25) is 5.02 Å². The molecule has 3 aromatic rings. The maximum absolute atomic E-state index is 14.2. The van der Waals surface area contributed by atoms with E-state index in [2.05, 4.69) is 5.32 Å². The summed E-state index contributed by atoms with van der Waals surface area (Å²) in [5.41, 5.74) is 2.59. The molecule has 2 amide bonds. The first kappa shape index (κ1) is 32.4. The molecule has 10 heteroatoms. The van der Waals surface area contributed by atoms with Crippen molar-refractivity contribution in [2.75, 3.05) is 18.0 Å². The number of aryl methyl sites for hydroxylation is 2. The zero-order chi connectivity index (χ0) is 31.1. The van der Waals surface area contributed by atoms with E-state index in [9.17, 15) is 18.0 Å². The van der Waals surface area contributed by atoms with Gasteiger partial charge in [-0.2, -0.15) is 0 Å². The number of carbonyl (C=O) groups excluding carboxylic acids is 2. The molecule has 1 atom stereocenters. The zero-order valence-electron chi connectivity index (χ0n) is 25.2. The molecular weight excluding hydrogens is 586 g/mol. The molecule has 0 spiro atoms. The third kappa shape index (κ3) is 8.09. The van der Waals surface area contributed by atoms with Gasteiger partial charge in [-0.1, -0.05) is 60.7 Å². The Morgan fingerprint density at radius 3 is 2.35 bits per heavy atom. The van der Waals surface area contributed by atoms with Crippen molar-refractivity contribution in [1.82, 2.24) is 10.2 Å². The van der Waals surface area contributed by atoms with Crippen molar-refractivity contribution in [3.8, 4) is 5.75 Å². The molecule has 3 aromatic carbocycles. The van der Waals surface area contributed by atoms with Gasteiger partial charge < -0.3 is 15.0 Å². The number of methoxy groups -OCH3 is 1. The molecule has 1 aliphatic carbocycles. The van der Waals surface area contributed by atoms with Crippen LogP contribution in [0.25, 0.3) is 0 Å². The number of halogens is 1. The second kappa shape index (κ2) is 14.3. The van der Waals surface area contributed by atoms with E-state index in [1.807, 2.05) is 19.1 Å². The minimum Gasteiger partial charge on any atom is -0.497 e. The lowest BCUT2D eigenvalue weighted by atomic mass is 9.95. The smallest absolute Gasteiger partial charge is 0.264 e. The van der Waals surface area contributed by atoms with E-state index in [1.165, 1.54) is 17.0 Å². The third-order valence-corrected chi connectivity index (χ3v) is 9.93. The SMILES string of the molecule is COc1cccc(CN(C(=O)CN(c2ccc(Cl)cc2C)S(=O)(=O)c2ccc(C)cc2)[C@@H](C)C(=O)NC2CCCCC2)c1. The van der Waals surface area contributed by atoms with Crippen molar-refractivity contribution in [3.63, 3.8) is 0 Å². The average molecular weight is 626 g/mol. The highest BCUT2D eigenvalue weighted by Gasteiger charge is 2.34. The number of sulfonamides is 1. The second-order valence-corrected chi connectivity index (χ2v) is 13.4. The standard InChI is InChI=1S/C33H40ClN3O5S/c1-23-13-16-30(17-14-23)43(40,41)37(31-18-15-27(34)19-24(31)2)22-32(38)36(21-26-9-8-12-29(20-26)42-4)25(3)33(39)35-28-10-6-5-7-11-28/h8-9,12-20,25,28H,5-7,10-11,21-22H2,1-4H3,(H,35,39)/t25-/m0/s1. The number of hydrogen-bond donors (Lipinski definition) is 1. The molecule has 43 heavy (non-hydrogen) atoms. The highest BCUT2D eigenvalue weighted by Crippen LogP contribution is 2.30. The Morgan fingerprint density at radius 1 is 1.00 bits per heavy atom. The van der Waals surface area contributed by atoms with Crippen LogP contribution in [0, 0.1) is 13.8 Å². The minimum absolute atomic E-state index is 0.0580. The summed E-state index contributed by atoms with van der Waals surface area (Å²) in [6.45, 7) is 4.88. The lowest BCUT2D eigenvalue weighted by Crippen LogP contribution is -2.53. The van der Waals surface area contributed by atoms with Crippen LogP contribution in [0.3, 0.4) is 0 Å². The van der Waals surface area contributed by atoms with Gasteiger partial charge in [-0.05, 0) is 87.2 Å². The molecule has 0 heterocycles. The van der Waals surface area contributed by atoms with Gasteiger partial charge in [0.15, 0.2) is 0 Å². The largest absolute Gasteiger partial charge is 0.497 e. The van der Waals surface area contributed by atoms with Gasteiger partial charge in [0.2, 0.25) is 11.8 Å². The Kier molecular flexibility index (Phi) is 10.7. The summed E-state index contributed by atoms with van der Waals surface area (Å²) < 4.78 is 34.6. The minimum atomic E-state index is -4.16. The lowest BCUT2D eigenvalue weighted by Gasteiger charge is -2.33. The van der Waals surface area contributed by atoms with Crippen LogP contribution in [0.4, 0.5) is 5.69 Å². The molecular formula is C33H40ClN3O5S. The van der Waals surface area contributed by atoms with Crippen LogP contribution in [0.1, 0.15) is 55.7 Å². The summed E-state index contributed by atoms with van der Waals surface area (Å²) in [4.78, 5) is 29.2. The number of hydrogen-bond acceptors (Lipinski definition) is 5. The summed E-state index contributed by atoms with van der Waals surface area (Å²) >= 11 is 6.20. The van der Waals surface area contributed by atoms with E-state index in [1.54, 1.807) is 63.4 Å². The third-order valence-electron chi connectivity index (χ3n) is 7.92. The van der Waals surface area contributed by atoms with Gasteiger partial charge in [0, 0.05) is 17.6 Å². The van der Waals surface area contributed by atoms with Crippen LogP contribution >= 0.6 is 11.6 Å². The van der Waals surface area contributed by atoms with E-state index < -0.39 is 28.5 Å². The monoisotopic (exact) mass is 625 g/mol. The van der Waals surface area contributed by atoms with Gasteiger partial charge in [0.1, 0.15) is 18.3 Å². The van der Waals surface area contributed by atoms with E-state index in [-0.39, 0.29) is 23.4 Å². The average Bonchev–Trinajstić information content (AvgIpc) is 2.99. The molecule has 8 nitrogen and oxygen atoms in total. The molecule has 1 aliphatic rings. The Bertz CT molecular complexity index is 1540. The molecule has 0 aliphatic heterocycles. The molecule has 0 unspecified atom stereocenters. The quantitative estimate of drug-likeness (QED) is 0.281. The topological polar surface area (TPSA) is 96.0 Å². The number of rotatable bonds is 11. The highest BCUT2D eigenvalue weighted by atomic mass is 35.5. The van der Waals surface area contributed by atoms with Crippen LogP contribution in [0.15, 0.2) is 71.6 Å². The van der Waals surface area contributed by atoms with Crippen molar-refractivity contribution in [2.45, 2.75) is 76.4 Å². The first-order valence-electron chi connectivity index (χ1n) is 14.6. The number of amides is 2.